The van der Waals surface area contributed by atoms with E-state index in [0.29, 0.717) is 28.9 Å². The maximum Gasteiger partial charge on any atom is 0.238 e. The van der Waals surface area contributed by atoms with Gasteiger partial charge in [0.2, 0.25) is 11.8 Å². The summed E-state index contributed by atoms with van der Waals surface area (Å²) < 4.78 is 5.11. The van der Waals surface area contributed by atoms with Crippen LogP contribution in [0.2, 0.25) is 5.02 Å². The van der Waals surface area contributed by atoms with Crippen molar-refractivity contribution in [3.05, 3.63) is 23.2 Å². The first-order chi connectivity index (χ1) is 12.5. The van der Waals surface area contributed by atoms with Gasteiger partial charge in [0.1, 0.15) is 5.75 Å². The molecule has 1 atom stereocenters. The largest absolute Gasteiger partial charge is 0.495 e. The van der Waals surface area contributed by atoms with Crippen molar-refractivity contribution in [2.45, 2.75) is 25.7 Å². The van der Waals surface area contributed by atoms with Crippen molar-refractivity contribution in [1.82, 2.24) is 10.2 Å². The number of amides is 2. The van der Waals surface area contributed by atoms with Crippen molar-refractivity contribution in [1.29, 1.82) is 0 Å². The van der Waals surface area contributed by atoms with Gasteiger partial charge in [0.25, 0.3) is 0 Å². The normalized spacial score (nSPS) is 20.5. The summed E-state index contributed by atoms with van der Waals surface area (Å²) in [5, 5.41) is 6.36. The number of halogens is 1. The molecule has 0 bridgehead atoms. The van der Waals surface area contributed by atoms with E-state index in [2.05, 4.69) is 10.6 Å². The lowest BCUT2D eigenvalue weighted by molar-refractivity contribution is -0.128. The van der Waals surface area contributed by atoms with Gasteiger partial charge in [-0.3, -0.25) is 14.5 Å². The number of likely N-dealkylation sites (tertiary alicyclic amines) is 1. The van der Waals surface area contributed by atoms with Gasteiger partial charge in [0, 0.05) is 18.8 Å². The molecular formula is C19H26ClN3O3. The Hall–Kier alpha value is -1.79. The molecule has 1 unspecified atom stereocenters. The van der Waals surface area contributed by atoms with Gasteiger partial charge in [-0.15, -0.1) is 0 Å². The lowest BCUT2D eigenvalue weighted by Crippen LogP contribution is -2.45. The second-order valence-corrected chi connectivity index (χ2v) is 7.57. The summed E-state index contributed by atoms with van der Waals surface area (Å²) in [5.74, 6) is 1.25. The summed E-state index contributed by atoms with van der Waals surface area (Å²) in [6, 6.07) is 5.15. The minimum Gasteiger partial charge on any atom is -0.495 e. The molecule has 1 aliphatic heterocycles. The fourth-order valence-electron chi connectivity index (χ4n) is 3.27. The van der Waals surface area contributed by atoms with Crippen LogP contribution in [0.15, 0.2) is 18.2 Å². The molecule has 0 aromatic heterocycles. The van der Waals surface area contributed by atoms with Crippen molar-refractivity contribution in [2.75, 3.05) is 38.6 Å². The first-order valence-corrected chi connectivity index (χ1v) is 9.56. The van der Waals surface area contributed by atoms with Gasteiger partial charge in [-0.1, -0.05) is 11.6 Å². The number of carbonyl (C=O) groups is 2. The number of ether oxygens (including phenoxy) is 1. The molecule has 2 N–H and O–H groups in total. The third kappa shape index (κ3) is 5.35. The van der Waals surface area contributed by atoms with Crippen LogP contribution in [-0.4, -0.2) is 50.0 Å². The molecule has 3 rings (SSSR count). The van der Waals surface area contributed by atoms with E-state index in [4.69, 9.17) is 16.3 Å². The Kier molecular flexibility index (Phi) is 6.38. The molecule has 2 amide bonds. The van der Waals surface area contributed by atoms with Crippen LogP contribution in [0.4, 0.5) is 5.69 Å². The second-order valence-electron chi connectivity index (χ2n) is 7.16. The van der Waals surface area contributed by atoms with E-state index in [9.17, 15) is 9.59 Å². The summed E-state index contributed by atoms with van der Waals surface area (Å²) in [6.45, 7) is 2.54. The second kappa shape index (κ2) is 8.73. The van der Waals surface area contributed by atoms with Gasteiger partial charge in [-0.2, -0.15) is 0 Å². The Morgan fingerprint density at radius 2 is 2.12 bits per heavy atom. The summed E-state index contributed by atoms with van der Waals surface area (Å²) in [4.78, 5) is 26.7. The van der Waals surface area contributed by atoms with Crippen molar-refractivity contribution >= 4 is 29.1 Å². The zero-order valence-corrected chi connectivity index (χ0v) is 15.8. The van der Waals surface area contributed by atoms with Gasteiger partial charge in [0.05, 0.1) is 24.6 Å². The lowest BCUT2D eigenvalue weighted by Gasteiger charge is -2.31. The first-order valence-electron chi connectivity index (χ1n) is 9.18. The van der Waals surface area contributed by atoms with E-state index in [1.54, 1.807) is 25.3 Å². The number of nitrogens with zero attached hydrogens (tertiary/aromatic N) is 1. The lowest BCUT2D eigenvalue weighted by atomic mass is 9.97. The highest BCUT2D eigenvalue weighted by Crippen LogP contribution is 2.28. The smallest absolute Gasteiger partial charge is 0.238 e. The molecule has 0 radical (unpaired) electrons. The minimum atomic E-state index is -0.106. The molecule has 142 valence electrons. The van der Waals surface area contributed by atoms with Gasteiger partial charge in [-0.25, -0.2) is 0 Å². The number of piperidine rings is 1. The zero-order valence-electron chi connectivity index (χ0n) is 15.1. The standard InChI is InChI=1S/C19H26ClN3O3/c1-26-17-7-6-15(9-16(17)20)22-18(24)12-23-8-2-3-14(11-23)19(25)21-10-13-4-5-13/h6-7,9,13-14H,2-5,8,10-12H2,1H3,(H,21,25)(H,22,24). The number of carbonyl (C=O) groups excluding carboxylic acids is 2. The Balaban J connectivity index is 1.47. The average Bonchev–Trinajstić information content (AvgIpc) is 3.44. The highest BCUT2D eigenvalue weighted by atomic mass is 35.5. The molecule has 7 heteroatoms. The molecule has 1 aromatic carbocycles. The monoisotopic (exact) mass is 379 g/mol. The van der Waals surface area contributed by atoms with E-state index < -0.39 is 0 Å². The van der Waals surface area contributed by atoms with Crippen molar-refractivity contribution in [2.24, 2.45) is 11.8 Å². The number of rotatable bonds is 7. The third-order valence-corrected chi connectivity index (χ3v) is 5.24. The van der Waals surface area contributed by atoms with Gasteiger partial charge in [0.15, 0.2) is 0 Å². The van der Waals surface area contributed by atoms with Gasteiger partial charge >= 0.3 is 0 Å². The number of nitrogens with one attached hydrogen (secondary N) is 2. The predicted octanol–water partition coefficient (Wildman–Crippen LogP) is 2.53. The fourth-order valence-corrected chi connectivity index (χ4v) is 3.53. The Bertz CT molecular complexity index is 663. The van der Waals surface area contributed by atoms with Crippen molar-refractivity contribution < 1.29 is 14.3 Å². The van der Waals surface area contributed by atoms with Crippen molar-refractivity contribution in [3.63, 3.8) is 0 Å². The Morgan fingerprint density at radius 3 is 2.81 bits per heavy atom. The fraction of sp³-hybridized carbons (Fsp3) is 0.579. The molecule has 6 nitrogen and oxygen atoms in total. The molecule has 2 aliphatic rings. The number of benzene rings is 1. The molecule has 26 heavy (non-hydrogen) atoms. The van der Waals surface area contributed by atoms with Crippen LogP contribution in [0.3, 0.4) is 0 Å². The highest BCUT2D eigenvalue weighted by Gasteiger charge is 2.28. The van der Waals surface area contributed by atoms with Gasteiger partial charge < -0.3 is 15.4 Å². The molecule has 0 spiro atoms. The summed E-state index contributed by atoms with van der Waals surface area (Å²) in [5.41, 5.74) is 0.636. The van der Waals surface area contributed by atoms with E-state index in [-0.39, 0.29) is 24.3 Å². The quantitative estimate of drug-likeness (QED) is 0.763. The van der Waals surface area contributed by atoms with E-state index >= 15 is 0 Å². The minimum absolute atomic E-state index is 0.0225. The van der Waals surface area contributed by atoms with E-state index in [0.717, 1.165) is 25.9 Å². The molecule has 1 aromatic rings. The summed E-state index contributed by atoms with van der Waals surface area (Å²) in [6.07, 6.45) is 4.28. The molecule has 1 aliphatic carbocycles. The Morgan fingerprint density at radius 1 is 1.31 bits per heavy atom. The first kappa shape index (κ1) is 19.0. The average molecular weight is 380 g/mol. The van der Waals surface area contributed by atoms with Crippen LogP contribution in [0.1, 0.15) is 25.7 Å². The van der Waals surface area contributed by atoms with Crippen LogP contribution >= 0.6 is 11.6 Å². The van der Waals surface area contributed by atoms with Crippen LogP contribution in [-0.2, 0) is 9.59 Å². The number of hydrogen-bond donors (Lipinski definition) is 2. The molecule has 2 fully saturated rings. The number of anilines is 1. The van der Waals surface area contributed by atoms with Crippen LogP contribution in [0.25, 0.3) is 0 Å². The molecule has 1 saturated carbocycles. The van der Waals surface area contributed by atoms with Gasteiger partial charge in [-0.05, 0) is 56.3 Å². The Labute approximate surface area is 159 Å². The van der Waals surface area contributed by atoms with Crippen LogP contribution < -0.4 is 15.4 Å². The summed E-state index contributed by atoms with van der Waals surface area (Å²) >= 11 is 6.08. The maximum absolute atomic E-state index is 12.3. The SMILES string of the molecule is COc1ccc(NC(=O)CN2CCCC(C(=O)NCC3CC3)C2)cc1Cl. The summed E-state index contributed by atoms with van der Waals surface area (Å²) in [7, 11) is 1.55. The molecule has 1 heterocycles. The van der Waals surface area contributed by atoms with E-state index in [1.807, 2.05) is 4.90 Å². The van der Waals surface area contributed by atoms with E-state index in [1.165, 1.54) is 12.8 Å². The zero-order chi connectivity index (χ0) is 18.5. The molecule has 1 saturated heterocycles. The van der Waals surface area contributed by atoms with Crippen LogP contribution in [0, 0.1) is 11.8 Å². The predicted molar refractivity (Wildman–Crippen MR) is 102 cm³/mol. The number of hydrogen-bond acceptors (Lipinski definition) is 4. The third-order valence-electron chi connectivity index (χ3n) is 4.94. The number of methoxy groups -OCH3 is 1. The maximum atomic E-state index is 12.3. The topological polar surface area (TPSA) is 70.7 Å². The molecular weight excluding hydrogens is 354 g/mol. The van der Waals surface area contributed by atoms with Crippen molar-refractivity contribution in [3.8, 4) is 5.75 Å². The van der Waals surface area contributed by atoms with Crippen LogP contribution in [0.5, 0.6) is 5.75 Å². The highest BCUT2D eigenvalue weighted by molar-refractivity contribution is 6.32.